The minimum Gasteiger partial charge on any atom is -0.381 e. The number of aromatic nitrogens is 1. The van der Waals surface area contributed by atoms with Gasteiger partial charge in [0.1, 0.15) is 5.69 Å². The van der Waals surface area contributed by atoms with Crippen LogP contribution in [0.4, 0.5) is 18.9 Å². The van der Waals surface area contributed by atoms with Crippen molar-refractivity contribution in [2.24, 2.45) is 0 Å². The molecule has 2 bridgehead atoms. The standard InChI is InChI=1S/C14H18F3N3/c1-20-11-3-4-12(20)7-10(6-11)19-9-2-5-13(18-8-9)14(15,16)17/h2,5,8,10-12,19H,3-4,6-7H2,1H3. The number of pyridine rings is 1. The van der Waals surface area contributed by atoms with E-state index in [9.17, 15) is 13.2 Å². The summed E-state index contributed by atoms with van der Waals surface area (Å²) in [4.78, 5) is 5.92. The molecule has 2 aliphatic heterocycles. The van der Waals surface area contributed by atoms with Crippen LogP contribution in [0.1, 0.15) is 31.4 Å². The number of alkyl halides is 3. The van der Waals surface area contributed by atoms with Gasteiger partial charge in [-0.05, 0) is 44.9 Å². The normalized spacial score (nSPS) is 30.5. The third-order valence-corrected chi connectivity index (χ3v) is 4.52. The van der Waals surface area contributed by atoms with Crippen molar-refractivity contribution in [3.63, 3.8) is 0 Å². The lowest BCUT2D eigenvalue weighted by atomic mass is 9.98. The molecule has 1 aromatic heterocycles. The fourth-order valence-electron chi connectivity index (χ4n) is 3.41. The van der Waals surface area contributed by atoms with E-state index in [4.69, 9.17) is 0 Å². The van der Waals surface area contributed by atoms with Gasteiger partial charge in [0.2, 0.25) is 0 Å². The second-order valence-corrected chi connectivity index (χ2v) is 5.79. The van der Waals surface area contributed by atoms with Gasteiger partial charge in [-0.1, -0.05) is 0 Å². The monoisotopic (exact) mass is 285 g/mol. The third-order valence-electron chi connectivity index (χ3n) is 4.52. The van der Waals surface area contributed by atoms with Crippen LogP contribution in [0.3, 0.4) is 0 Å². The Bertz CT molecular complexity index is 458. The zero-order valence-electron chi connectivity index (χ0n) is 11.3. The number of hydrogen-bond donors (Lipinski definition) is 1. The summed E-state index contributed by atoms with van der Waals surface area (Å²) >= 11 is 0. The molecule has 2 aliphatic rings. The predicted molar refractivity (Wildman–Crippen MR) is 70.5 cm³/mol. The highest BCUT2D eigenvalue weighted by molar-refractivity contribution is 5.42. The number of halogens is 3. The first-order valence-corrected chi connectivity index (χ1v) is 6.95. The number of rotatable bonds is 2. The van der Waals surface area contributed by atoms with Crippen molar-refractivity contribution >= 4 is 5.69 Å². The van der Waals surface area contributed by atoms with Crippen LogP contribution >= 0.6 is 0 Å². The molecule has 0 aliphatic carbocycles. The highest BCUT2D eigenvalue weighted by atomic mass is 19.4. The quantitative estimate of drug-likeness (QED) is 0.905. The number of nitrogens with zero attached hydrogens (tertiary/aromatic N) is 2. The molecular formula is C14H18F3N3. The predicted octanol–water partition coefficient (Wildman–Crippen LogP) is 3.14. The van der Waals surface area contributed by atoms with Crippen LogP contribution in [0.15, 0.2) is 18.3 Å². The molecule has 3 nitrogen and oxygen atoms in total. The summed E-state index contributed by atoms with van der Waals surface area (Å²) in [5.74, 6) is 0. The van der Waals surface area contributed by atoms with E-state index in [1.165, 1.54) is 25.1 Å². The van der Waals surface area contributed by atoms with Crippen molar-refractivity contribution in [3.8, 4) is 0 Å². The van der Waals surface area contributed by atoms with Gasteiger partial charge in [0.25, 0.3) is 0 Å². The molecule has 6 heteroatoms. The summed E-state index contributed by atoms with van der Waals surface area (Å²) in [6, 6.07) is 4.05. The van der Waals surface area contributed by atoms with Gasteiger partial charge in [0.05, 0.1) is 11.9 Å². The van der Waals surface area contributed by atoms with E-state index in [1.807, 2.05) is 0 Å². The Kier molecular flexibility index (Phi) is 3.36. The van der Waals surface area contributed by atoms with Gasteiger partial charge in [0, 0.05) is 18.1 Å². The first-order valence-electron chi connectivity index (χ1n) is 6.95. The Hall–Kier alpha value is -1.30. The average molecular weight is 285 g/mol. The minimum absolute atomic E-state index is 0.335. The average Bonchev–Trinajstić information content (AvgIpc) is 2.62. The van der Waals surface area contributed by atoms with Crippen LogP contribution in [0, 0.1) is 0 Å². The molecule has 20 heavy (non-hydrogen) atoms. The third kappa shape index (κ3) is 2.61. The molecule has 110 valence electrons. The van der Waals surface area contributed by atoms with E-state index in [1.54, 1.807) is 0 Å². The molecule has 3 heterocycles. The highest BCUT2D eigenvalue weighted by Crippen LogP contribution is 2.35. The van der Waals surface area contributed by atoms with Crippen molar-refractivity contribution in [1.29, 1.82) is 0 Å². The summed E-state index contributed by atoms with van der Waals surface area (Å²) in [7, 11) is 2.16. The van der Waals surface area contributed by atoms with Crippen molar-refractivity contribution in [2.75, 3.05) is 12.4 Å². The number of hydrogen-bond acceptors (Lipinski definition) is 3. The molecular weight excluding hydrogens is 267 g/mol. The van der Waals surface area contributed by atoms with Crippen molar-refractivity contribution in [2.45, 2.75) is 50.0 Å². The van der Waals surface area contributed by atoms with E-state index in [2.05, 4.69) is 22.2 Å². The minimum atomic E-state index is -4.37. The first kappa shape index (κ1) is 13.7. The van der Waals surface area contributed by atoms with Gasteiger partial charge in [-0.2, -0.15) is 13.2 Å². The van der Waals surface area contributed by atoms with E-state index >= 15 is 0 Å². The molecule has 0 amide bonds. The summed E-state index contributed by atoms with van der Waals surface area (Å²) < 4.78 is 37.3. The summed E-state index contributed by atoms with van der Waals surface area (Å²) in [5, 5.41) is 3.32. The molecule has 2 fully saturated rings. The van der Waals surface area contributed by atoms with Crippen LogP contribution in [-0.2, 0) is 6.18 Å². The van der Waals surface area contributed by atoms with Crippen LogP contribution < -0.4 is 5.32 Å². The van der Waals surface area contributed by atoms with Gasteiger partial charge in [-0.25, -0.2) is 4.98 Å². The molecule has 0 spiro atoms. The topological polar surface area (TPSA) is 28.2 Å². The molecule has 0 aromatic carbocycles. The van der Waals surface area contributed by atoms with E-state index in [0.717, 1.165) is 18.9 Å². The fraction of sp³-hybridized carbons (Fsp3) is 0.643. The number of nitrogens with one attached hydrogen (secondary N) is 1. The first-order chi connectivity index (χ1) is 9.43. The zero-order valence-corrected chi connectivity index (χ0v) is 11.3. The molecule has 0 radical (unpaired) electrons. The highest BCUT2D eigenvalue weighted by Gasteiger charge is 2.38. The SMILES string of the molecule is CN1C2CCC1CC(Nc1ccc(C(F)(F)F)nc1)C2. The van der Waals surface area contributed by atoms with Gasteiger partial charge in [0.15, 0.2) is 0 Å². The van der Waals surface area contributed by atoms with Crippen molar-refractivity contribution in [3.05, 3.63) is 24.0 Å². The maximum absolute atomic E-state index is 12.4. The molecule has 2 unspecified atom stereocenters. The Morgan fingerprint density at radius 1 is 1.20 bits per heavy atom. The lowest BCUT2D eigenvalue weighted by molar-refractivity contribution is -0.141. The lowest BCUT2D eigenvalue weighted by Crippen LogP contribution is -2.44. The van der Waals surface area contributed by atoms with Gasteiger partial charge in [-0.3, -0.25) is 0 Å². The van der Waals surface area contributed by atoms with E-state index < -0.39 is 11.9 Å². The van der Waals surface area contributed by atoms with Crippen molar-refractivity contribution in [1.82, 2.24) is 9.88 Å². The van der Waals surface area contributed by atoms with Crippen molar-refractivity contribution < 1.29 is 13.2 Å². The maximum Gasteiger partial charge on any atom is 0.433 e. The molecule has 1 aromatic rings. The molecule has 0 saturated carbocycles. The smallest absolute Gasteiger partial charge is 0.381 e. The van der Waals surface area contributed by atoms with Crippen LogP contribution in [0.25, 0.3) is 0 Å². The van der Waals surface area contributed by atoms with E-state index in [-0.39, 0.29) is 0 Å². The Balaban J connectivity index is 1.64. The Labute approximate surface area is 116 Å². The number of anilines is 1. The van der Waals surface area contributed by atoms with Crippen LogP contribution in [-0.4, -0.2) is 35.1 Å². The van der Waals surface area contributed by atoms with Crippen LogP contribution in [0.2, 0.25) is 0 Å². The lowest BCUT2D eigenvalue weighted by Gasteiger charge is -2.37. The van der Waals surface area contributed by atoms with Gasteiger partial charge in [-0.15, -0.1) is 0 Å². The fourth-order valence-corrected chi connectivity index (χ4v) is 3.41. The maximum atomic E-state index is 12.4. The van der Waals surface area contributed by atoms with Crippen LogP contribution in [0.5, 0.6) is 0 Å². The van der Waals surface area contributed by atoms with E-state index in [0.29, 0.717) is 23.8 Å². The van der Waals surface area contributed by atoms with Gasteiger partial charge >= 0.3 is 6.18 Å². The molecule has 2 saturated heterocycles. The Morgan fingerprint density at radius 3 is 2.35 bits per heavy atom. The summed E-state index contributed by atoms with van der Waals surface area (Å²) in [6.45, 7) is 0. The Morgan fingerprint density at radius 2 is 1.85 bits per heavy atom. The molecule has 2 atom stereocenters. The molecule has 1 N–H and O–H groups in total. The largest absolute Gasteiger partial charge is 0.433 e. The summed E-state index contributed by atoms with van der Waals surface area (Å²) in [6.07, 6.45) is 1.46. The number of piperidine rings is 1. The number of fused-ring (bicyclic) bond motifs is 2. The second kappa shape index (κ2) is 4.91. The zero-order chi connectivity index (χ0) is 14.3. The molecule has 3 rings (SSSR count). The summed E-state index contributed by atoms with van der Waals surface area (Å²) in [5.41, 5.74) is -0.168. The van der Waals surface area contributed by atoms with Gasteiger partial charge < -0.3 is 10.2 Å². The second-order valence-electron chi connectivity index (χ2n) is 5.79.